The Bertz CT molecular complexity index is 659. The van der Waals surface area contributed by atoms with Gasteiger partial charge in [-0.2, -0.15) is 4.98 Å². The maximum atomic E-state index is 5.75. The highest BCUT2D eigenvalue weighted by atomic mass is 127. The monoisotopic (exact) mass is 448 g/mol. The molecule has 0 saturated carbocycles. The van der Waals surface area contributed by atoms with E-state index in [9.17, 15) is 0 Å². The van der Waals surface area contributed by atoms with Crippen LogP contribution in [0.25, 0.3) is 0 Å². The number of nitrogens with zero attached hydrogens (tertiary/aromatic N) is 4. The van der Waals surface area contributed by atoms with E-state index in [1.807, 2.05) is 6.92 Å². The van der Waals surface area contributed by atoms with Crippen molar-refractivity contribution >= 4 is 29.9 Å². The first-order valence-corrected chi connectivity index (χ1v) is 7.65. The minimum atomic E-state index is -0.0559. The van der Waals surface area contributed by atoms with Crippen LogP contribution in [0.1, 0.15) is 51.1 Å². The Kier molecular flexibility index (Phi) is 7.64. The van der Waals surface area contributed by atoms with E-state index in [0.717, 1.165) is 12.3 Å². The second kappa shape index (κ2) is 9.00. The van der Waals surface area contributed by atoms with Crippen molar-refractivity contribution in [2.45, 2.75) is 53.1 Å². The van der Waals surface area contributed by atoms with Crippen LogP contribution in [0.2, 0.25) is 0 Å². The second-order valence-corrected chi connectivity index (χ2v) is 6.15. The third kappa shape index (κ3) is 6.10. The van der Waals surface area contributed by atoms with Gasteiger partial charge < -0.3 is 19.6 Å². The fraction of sp³-hybridized carbons (Fsp3) is 0.600. The van der Waals surface area contributed by atoms with E-state index >= 15 is 0 Å². The Hall–Kier alpha value is -1.65. The Morgan fingerprint density at radius 2 is 2.00 bits per heavy atom. The molecule has 0 aliphatic rings. The van der Waals surface area contributed by atoms with Crippen LogP contribution in [0.4, 0.5) is 0 Å². The molecular formula is C15H25IN6O2. The van der Waals surface area contributed by atoms with Gasteiger partial charge in [-0.05, 0) is 13.8 Å². The fourth-order valence-electron chi connectivity index (χ4n) is 1.79. The van der Waals surface area contributed by atoms with Crippen LogP contribution in [0.15, 0.2) is 20.1 Å². The summed E-state index contributed by atoms with van der Waals surface area (Å²) in [6.07, 6.45) is 1.77. The average Bonchev–Trinajstić information content (AvgIpc) is 3.10. The first-order chi connectivity index (χ1) is 10.9. The molecule has 9 heteroatoms. The van der Waals surface area contributed by atoms with Gasteiger partial charge >= 0.3 is 0 Å². The van der Waals surface area contributed by atoms with Crippen molar-refractivity contribution in [1.29, 1.82) is 0 Å². The molecule has 0 fully saturated rings. The molecule has 0 spiro atoms. The third-order valence-corrected chi connectivity index (χ3v) is 2.99. The van der Waals surface area contributed by atoms with Gasteiger partial charge in [0.2, 0.25) is 11.8 Å². The van der Waals surface area contributed by atoms with Gasteiger partial charge in [-0.25, -0.2) is 9.98 Å². The molecule has 2 heterocycles. The Morgan fingerprint density at radius 1 is 1.25 bits per heavy atom. The Labute approximate surface area is 158 Å². The van der Waals surface area contributed by atoms with Crippen molar-refractivity contribution in [3.05, 3.63) is 29.6 Å². The van der Waals surface area contributed by atoms with Crippen LogP contribution < -0.4 is 10.6 Å². The smallest absolute Gasteiger partial charge is 0.248 e. The van der Waals surface area contributed by atoms with Crippen molar-refractivity contribution < 1.29 is 8.94 Å². The van der Waals surface area contributed by atoms with Gasteiger partial charge in [0.05, 0.1) is 12.7 Å². The second-order valence-electron chi connectivity index (χ2n) is 6.15. The zero-order valence-electron chi connectivity index (χ0n) is 14.7. The molecule has 134 valence electrons. The standard InChI is InChI=1S/C15H24N6O2.HI/c1-6-16-14(19-9-13-20-10(2)21-23-13)18-8-12-17-7-11(22-12)15(3,4)5;/h7H,6,8-9H2,1-5H3,(H2,16,18,19);1H. The number of halogens is 1. The Morgan fingerprint density at radius 3 is 2.54 bits per heavy atom. The molecule has 0 bridgehead atoms. The summed E-state index contributed by atoms with van der Waals surface area (Å²) < 4.78 is 10.8. The van der Waals surface area contributed by atoms with Gasteiger partial charge in [0.1, 0.15) is 12.3 Å². The molecule has 0 radical (unpaired) electrons. The SMILES string of the molecule is CCNC(=NCc1nc(C)no1)NCc1ncc(C(C)(C)C)o1.I. The molecule has 0 amide bonds. The molecule has 8 nitrogen and oxygen atoms in total. The first-order valence-electron chi connectivity index (χ1n) is 7.65. The van der Waals surface area contributed by atoms with Crippen molar-refractivity contribution in [2.24, 2.45) is 4.99 Å². The van der Waals surface area contributed by atoms with Crippen LogP contribution in [0, 0.1) is 6.92 Å². The van der Waals surface area contributed by atoms with E-state index in [0.29, 0.717) is 36.7 Å². The minimum Gasteiger partial charge on any atom is -0.443 e. The fourth-order valence-corrected chi connectivity index (χ4v) is 1.79. The van der Waals surface area contributed by atoms with E-state index in [-0.39, 0.29) is 29.4 Å². The number of aromatic nitrogens is 3. The summed E-state index contributed by atoms with van der Waals surface area (Å²) in [5, 5.41) is 10.1. The van der Waals surface area contributed by atoms with Gasteiger partial charge in [-0.1, -0.05) is 25.9 Å². The summed E-state index contributed by atoms with van der Waals surface area (Å²) in [5.74, 6) is 3.19. The first kappa shape index (κ1) is 20.4. The number of aryl methyl sites for hydroxylation is 1. The lowest BCUT2D eigenvalue weighted by molar-refractivity contribution is 0.375. The molecular weight excluding hydrogens is 423 g/mol. The lowest BCUT2D eigenvalue weighted by atomic mass is 9.94. The number of nitrogens with one attached hydrogen (secondary N) is 2. The number of hydrogen-bond acceptors (Lipinski definition) is 6. The van der Waals surface area contributed by atoms with Gasteiger partial charge in [0, 0.05) is 12.0 Å². The van der Waals surface area contributed by atoms with E-state index in [1.54, 1.807) is 13.1 Å². The summed E-state index contributed by atoms with van der Waals surface area (Å²) >= 11 is 0. The van der Waals surface area contributed by atoms with Crippen LogP contribution in [0.3, 0.4) is 0 Å². The van der Waals surface area contributed by atoms with Crippen LogP contribution in [-0.2, 0) is 18.5 Å². The topological polar surface area (TPSA) is 101 Å². The summed E-state index contributed by atoms with van der Waals surface area (Å²) in [5.41, 5.74) is -0.0559. The lowest BCUT2D eigenvalue weighted by Gasteiger charge is -2.13. The predicted octanol–water partition coefficient (Wildman–Crippen LogP) is 2.54. The van der Waals surface area contributed by atoms with Crippen molar-refractivity contribution in [1.82, 2.24) is 25.8 Å². The molecule has 0 unspecified atom stereocenters. The number of oxazole rings is 1. The number of hydrogen-bond donors (Lipinski definition) is 2. The van der Waals surface area contributed by atoms with Crippen molar-refractivity contribution in [3.63, 3.8) is 0 Å². The molecule has 0 aliphatic heterocycles. The summed E-state index contributed by atoms with van der Waals surface area (Å²) in [6.45, 7) is 11.5. The van der Waals surface area contributed by atoms with E-state index < -0.39 is 0 Å². The zero-order chi connectivity index (χ0) is 16.9. The van der Waals surface area contributed by atoms with Gasteiger partial charge in [0.25, 0.3) is 0 Å². The maximum Gasteiger partial charge on any atom is 0.248 e. The number of aliphatic imine (C=N–C) groups is 1. The average molecular weight is 448 g/mol. The molecule has 2 aromatic heterocycles. The maximum absolute atomic E-state index is 5.75. The molecule has 0 saturated heterocycles. The Balaban J connectivity index is 0.00000288. The van der Waals surface area contributed by atoms with Crippen molar-refractivity contribution in [3.8, 4) is 0 Å². The molecule has 0 aliphatic carbocycles. The quantitative estimate of drug-likeness (QED) is 0.412. The molecule has 2 rings (SSSR count). The summed E-state index contributed by atoms with van der Waals surface area (Å²) in [4.78, 5) is 12.8. The minimum absolute atomic E-state index is 0. The van der Waals surface area contributed by atoms with E-state index in [2.05, 4.69) is 51.5 Å². The highest BCUT2D eigenvalue weighted by Crippen LogP contribution is 2.22. The van der Waals surface area contributed by atoms with Crippen molar-refractivity contribution in [2.75, 3.05) is 6.54 Å². The van der Waals surface area contributed by atoms with E-state index in [1.165, 1.54) is 0 Å². The molecule has 0 atom stereocenters. The molecule has 2 aromatic rings. The van der Waals surface area contributed by atoms with E-state index in [4.69, 9.17) is 8.94 Å². The van der Waals surface area contributed by atoms with Gasteiger partial charge in [0.15, 0.2) is 11.8 Å². The van der Waals surface area contributed by atoms with Crippen LogP contribution in [0.5, 0.6) is 0 Å². The lowest BCUT2D eigenvalue weighted by Crippen LogP contribution is -2.36. The summed E-state index contributed by atoms with van der Waals surface area (Å²) in [7, 11) is 0. The molecule has 2 N–H and O–H groups in total. The van der Waals surface area contributed by atoms with Gasteiger partial charge in [-0.15, -0.1) is 24.0 Å². The predicted molar refractivity (Wildman–Crippen MR) is 101 cm³/mol. The zero-order valence-corrected chi connectivity index (χ0v) is 17.0. The highest BCUT2D eigenvalue weighted by Gasteiger charge is 2.19. The highest BCUT2D eigenvalue weighted by molar-refractivity contribution is 14.0. The van der Waals surface area contributed by atoms with Crippen LogP contribution in [-0.4, -0.2) is 27.6 Å². The summed E-state index contributed by atoms with van der Waals surface area (Å²) in [6, 6.07) is 0. The van der Waals surface area contributed by atoms with Crippen LogP contribution >= 0.6 is 24.0 Å². The molecule has 0 aromatic carbocycles. The third-order valence-electron chi connectivity index (χ3n) is 2.99. The largest absolute Gasteiger partial charge is 0.443 e. The molecule has 24 heavy (non-hydrogen) atoms. The normalized spacial score (nSPS) is 12.0. The number of guanidine groups is 1. The number of rotatable bonds is 5. The van der Waals surface area contributed by atoms with Gasteiger partial charge in [-0.3, -0.25) is 0 Å².